The number of fused-ring (bicyclic) bond motifs is 44. The summed E-state index contributed by atoms with van der Waals surface area (Å²) in [5, 5.41) is 24.6. The summed E-state index contributed by atoms with van der Waals surface area (Å²) in [6, 6.07) is 163. The average molecular weight is 1910 g/mol. The summed E-state index contributed by atoms with van der Waals surface area (Å²) in [7, 11) is -0.427. The Morgan fingerprint density at radius 1 is 0.196 bits per heavy atom. The van der Waals surface area contributed by atoms with Crippen molar-refractivity contribution < 1.29 is 9.31 Å². The molecule has 5 aliphatic rings. The molecule has 14 heteroatoms. The van der Waals surface area contributed by atoms with Crippen LogP contribution in [0.2, 0.25) is 5.28 Å². The highest BCUT2D eigenvalue weighted by Gasteiger charge is 2.56. The Morgan fingerprint density at radius 3 is 0.716 bits per heavy atom. The summed E-state index contributed by atoms with van der Waals surface area (Å²) in [6.45, 7) is 8.49. The molecule has 7 heterocycles. The van der Waals surface area contributed by atoms with E-state index in [4.69, 9.17) is 40.8 Å². The van der Waals surface area contributed by atoms with Crippen LogP contribution >= 0.6 is 11.6 Å². The van der Waals surface area contributed by atoms with Gasteiger partial charge in [-0.2, -0.15) is 29.9 Å². The van der Waals surface area contributed by atoms with Gasteiger partial charge < -0.3 is 9.31 Å². The molecule has 0 amide bonds. The Morgan fingerprint density at radius 2 is 0.419 bits per heavy atom. The van der Waals surface area contributed by atoms with Gasteiger partial charge in [0.1, 0.15) is 0 Å². The smallest absolute Gasteiger partial charge is 0.399 e. The van der Waals surface area contributed by atoms with Crippen molar-refractivity contribution in [2.45, 2.75) is 49.7 Å². The lowest BCUT2D eigenvalue weighted by Crippen LogP contribution is -2.41. The molecule has 1 aliphatic heterocycles. The topological polar surface area (TPSA) is 116 Å². The second-order valence-electron chi connectivity index (χ2n) is 40.8. The lowest BCUT2D eigenvalue weighted by molar-refractivity contribution is 0.00578. The second-order valence-corrected chi connectivity index (χ2v) is 41.2. The summed E-state index contributed by atoms with van der Waals surface area (Å²) in [4.78, 5) is 30.5. The van der Waals surface area contributed by atoms with Gasteiger partial charge in [0.2, 0.25) is 29.1 Å². The number of aromatic nitrogens is 10. The third-order valence-electron chi connectivity index (χ3n) is 33.0. The van der Waals surface area contributed by atoms with Gasteiger partial charge in [0, 0.05) is 48.7 Å². The zero-order chi connectivity index (χ0) is 97.9. The van der Waals surface area contributed by atoms with Gasteiger partial charge in [-0.05, 0) is 277 Å². The highest BCUT2D eigenvalue weighted by atomic mass is 35.5. The molecule has 0 saturated carbocycles. The molecule has 148 heavy (non-hydrogen) atoms. The number of para-hydroxylation sites is 8. The minimum atomic E-state index is -0.543. The summed E-state index contributed by atoms with van der Waals surface area (Å²) < 4.78 is 21.7. The molecule has 22 aromatic carbocycles. The molecule has 1 fully saturated rings. The maximum absolute atomic E-state index is 6.58. The first-order chi connectivity index (χ1) is 72.8. The van der Waals surface area contributed by atoms with Crippen LogP contribution in [0.1, 0.15) is 72.2 Å². The number of halogens is 1. The summed E-state index contributed by atoms with van der Waals surface area (Å²) in [5.74, 6) is 2.71. The molecule has 0 unspecified atom stereocenters. The van der Waals surface area contributed by atoms with Gasteiger partial charge in [0.15, 0.2) is 5.82 Å². The standard InChI is InChI=1S/C64H37N5.C43H33BO2.C27H16ClN5/c1-3-19-41-39(17-1)40-18-2-4-20-42(40)50-37-56-52(36-49(41)50)51-35-38(33-34-55(51)64(56)53-27-11-5-21-43(53)44-22-6-12-28-54(44)64)61-65-62(68-57-29-13-7-23-45(57)46-24-8-14-30-58(46)68)67-63(66-61)69-59-31-15-9-25-47(59)48-26-10-16-32-60(48)69;1-41(2)42(3,4)46-44(45-41)26-21-22-39-35(23-26)36-24-33-29-15-7-5-13-27(29)28-14-6-8-16-30(28)34(33)25-40(36)43(39)37-19-11-9-17-31(37)32-18-10-12-20-38(32)43;28-25-29-26(32-21-13-5-1-9-17(21)18-10-2-6-14-22(18)32)31-27(30-25)33-23-15-7-3-11-19(23)20-12-4-8-16-24(20)33/h1-37H;5-25H,1-4H3;1-16H. The average Bonchev–Trinajstić information content (AvgIpc) is 1.50. The molecule has 12 nitrogen and oxygen atoms in total. The van der Waals surface area contributed by atoms with Crippen LogP contribution in [0.5, 0.6) is 0 Å². The number of hydrogen-bond donors (Lipinski definition) is 0. The quantitative estimate of drug-likeness (QED) is 0.119. The van der Waals surface area contributed by atoms with Crippen LogP contribution in [-0.4, -0.2) is 66.5 Å². The molecule has 0 radical (unpaired) electrons. The Labute approximate surface area is 855 Å². The van der Waals surface area contributed by atoms with Crippen molar-refractivity contribution in [2.75, 3.05) is 0 Å². The van der Waals surface area contributed by atoms with Gasteiger partial charge in [0.25, 0.3) is 0 Å². The predicted molar refractivity (Wildman–Crippen MR) is 607 cm³/mol. The maximum Gasteiger partial charge on any atom is 0.494 e. The molecule has 0 bridgehead atoms. The fraction of sp³-hybridized carbons (Fsp3) is 0.0597. The van der Waals surface area contributed by atoms with Gasteiger partial charge in [0.05, 0.1) is 66.2 Å². The number of benzene rings is 22. The van der Waals surface area contributed by atoms with E-state index in [1.165, 1.54) is 154 Å². The van der Waals surface area contributed by atoms with E-state index in [1.807, 2.05) is 48.5 Å². The lowest BCUT2D eigenvalue weighted by atomic mass is 9.69. The highest BCUT2D eigenvalue weighted by Crippen LogP contribution is 2.67. The SMILES string of the molecule is CC1(C)OB(c2ccc3c(c2)-c2cc4c5ccccc5c5ccccc5c4cc2C32c3ccccc3-c3ccccc32)OC1(C)C.Clc1nc(-n2c3ccccc3c3ccccc32)nc(-n2c3ccccc3c3ccccc32)n1.c1ccc2c(c1)-c1ccccc1C21c2ccc(-c3nc(-n4c5ccccc5c5ccccc54)nc(-n4c5ccccc5c5ccccc54)n3)cc2-c2cc3c4ccccc4c4ccccc4c3cc21. The van der Waals surface area contributed by atoms with E-state index in [2.05, 4.69) is 456 Å². The van der Waals surface area contributed by atoms with Crippen molar-refractivity contribution in [2.24, 2.45) is 0 Å². The van der Waals surface area contributed by atoms with Crippen molar-refractivity contribution in [1.29, 1.82) is 0 Å². The fourth-order valence-corrected chi connectivity index (χ4v) is 26.3. The van der Waals surface area contributed by atoms with Crippen molar-refractivity contribution in [3.8, 4) is 79.7 Å². The molecule has 33 rings (SSSR count). The fourth-order valence-electron chi connectivity index (χ4n) is 26.1. The first-order valence-corrected chi connectivity index (χ1v) is 51.1. The molecular formula is C134H86BClN10O2. The molecule has 694 valence electrons. The third-order valence-corrected chi connectivity index (χ3v) is 33.2. The van der Waals surface area contributed by atoms with Gasteiger partial charge in [-0.15, -0.1) is 0 Å². The minimum Gasteiger partial charge on any atom is -0.399 e. The van der Waals surface area contributed by atoms with E-state index in [9.17, 15) is 0 Å². The largest absolute Gasteiger partial charge is 0.494 e. The van der Waals surface area contributed by atoms with E-state index in [1.54, 1.807) is 0 Å². The van der Waals surface area contributed by atoms with Crippen molar-refractivity contribution in [1.82, 2.24) is 48.2 Å². The maximum atomic E-state index is 6.58. The molecule has 0 N–H and O–H groups in total. The van der Waals surface area contributed by atoms with Crippen molar-refractivity contribution >= 4 is 176 Å². The first-order valence-electron chi connectivity index (χ1n) is 50.7. The third kappa shape index (κ3) is 11.7. The molecule has 0 atom stereocenters. The van der Waals surface area contributed by atoms with Gasteiger partial charge in [-0.1, -0.05) is 370 Å². The van der Waals surface area contributed by atoms with Crippen LogP contribution < -0.4 is 5.46 Å². The summed E-state index contributed by atoms with van der Waals surface area (Å²) in [5.41, 5.74) is 29.2. The van der Waals surface area contributed by atoms with Crippen LogP contribution in [0.4, 0.5) is 0 Å². The summed E-state index contributed by atoms with van der Waals surface area (Å²) in [6.07, 6.45) is 0. The van der Waals surface area contributed by atoms with E-state index in [-0.39, 0.29) is 5.28 Å². The van der Waals surface area contributed by atoms with Crippen molar-refractivity contribution in [3.63, 3.8) is 0 Å². The number of nitrogens with zero attached hydrogens (tertiary/aromatic N) is 10. The van der Waals surface area contributed by atoms with E-state index < -0.39 is 29.2 Å². The van der Waals surface area contributed by atoms with Gasteiger partial charge in [-0.25, -0.2) is 0 Å². The van der Waals surface area contributed by atoms with Gasteiger partial charge >= 0.3 is 7.12 Å². The van der Waals surface area contributed by atoms with E-state index >= 15 is 0 Å². The van der Waals surface area contributed by atoms with Crippen LogP contribution in [0.15, 0.2) is 449 Å². The predicted octanol–water partition coefficient (Wildman–Crippen LogP) is 32.0. The van der Waals surface area contributed by atoms with Crippen molar-refractivity contribution in [3.05, 3.63) is 499 Å². The van der Waals surface area contributed by atoms with Crippen LogP contribution in [-0.2, 0) is 20.1 Å². The van der Waals surface area contributed by atoms with Crippen LogP contribution in [0.3, 0.4) is 0 Å². The Hall–Kier alpha value is -18.1. The zero-order valence-electron chi connectivity index (χ0n) is 81.0. The second kappa shape index (κ2) is 31.5. The Kier molecular flexibility index (Phi) is 17.9. The highest BCUT2D eigenvalue weighted by molar-refractivity contribution is 6.62. The Bertz CT molecular complexity index is 10100. The number of hydrogen-bond acceptors (Lipinski definition) is 8. The van der Waals surface area contributed by atoms with Crippen LogP contribution in [0.25, 0.3) is 232 Å². The molecule has 6 aromatic heterocycles. The molecule has 4 aliphatic carbocycles. The van der Waals surface area contributed by atoms with Gasteiger partial charge in [-0.3, -0.25) is 18.3 Å². The normalized spacial score (nSPS) is 14.4. The molecular weight excluding hydrogens is 1830 g/mol. The molecule has 28 aromatic rings. The van der Waals surface area contributed by atoms with E-state index in [0.29, 0.717) is 29.6 Å². The van der Waals surface area contributed by atoms with E-state index in [0.717, 1.165) is 98.2 Å². The number of rotatable bonds is 6. The molecule has 2 spiro atoms. The minimum absolute atomic E-state index is 0.152. The van der Waals surface area contributed by atoms with Crippen LogP contribution in [0, 0.1) is 0 Å². The zero-order valence-corrected chi connectivity index (χ0v) is 81.7. The monoisotopic (exact) mass is 1910 g/mol. The first kappa shape index (κ1) is 84.4. The summed E-state index contributed by atoms with van der Waals surface area (Å²) >= 11 is 6.50. The lowest BCUT2D eigenvalue weighted by Gasteiger charge is -2.32. The Balaban J connectivity index is 0.000000108. The molecule has 1 saturated heterocycles.